The zero-order valence-electron chi connectivity index (χ0n) is 18.2. The van der Waals surface area contributed by atoms with Crippen LogP contribution < -0.4 is 4.72 Å². The Hall–Kier alpha value is -1.84. The first kappa shape index (κ1) is 25.8. The zero-order valence-corrected chi connectivity index (χ0v) is 20.6. The molecule has 1 fully saturated rings. The van der Waals surface area contributed by atoms with Crippen molar-refractivity contribution in [3.05, 3.63) is 75.5 Å². The van der Waals surface area contributed by atoms with E-state index in [0.29, 0.717) is 30.7 Å². The van der Waals surface area contributed by atoms with E-state index in [2.05, 4.69) is 4.72 Å². The number of aliphatic hydroxyl groups excluding tert-OH is 1. The molecule has 9 heteroatoms. The Morgan fingerprint density at radius 1 is 1.15 bits per heavy atom. The van der Waals surface area contributed by atoms with Crippen LogP contribution >= 0.6 is 23.4 Å². The molecule has 0 saturated heterocycles. The lowest BCUT2D eigenvalue weighted by Gasteiger charge is -2.17. The fourth-order valence-corrected chi connectivity index (χ4v) is 6.83. The molecule has 0 amide bonds. The van der Waals surface area contributed by atoms with Gasteiger partial charge in [0.25, 0.3) is 0 Å². The van der Waals surface area contributed by atoms with E-state index in [1.165, 1.54) is 6.08 Å². The molecule has 0 heterocycles. The number of fused-ring (bicyclic) bond motifs is 1. The first-order valence-electron chi connectivity index (χ1n) is 10.7. The van der Waals surface area contributed by atoms with Gasteiger partial charge in [0.05, 0.1) is 6.10 Å². The number of halogens is 1. The van der Waals surface area contributed by atoms with Crippen LogP contribution in [0.1, 0.15) is 31.2 Å². The Balaban J connectivity index is 1.83. The van der Waals surface area contributed by atoms with Gasteiger partial charge in [0.1, 0.15) is 9.78 Å². The van der Waals surface area contributed by atoms with E-state index >= 15 is 0 Å². The van der Waals surface area contributed by atoms with Gasteiger partial charge in [-0.25, -0.2) is 8.42 Å². The van der Waals surface area contributed by atoms with Gasteiger partial charge >= 0.3 is 5.97 Å². The number of sulfonamides is 1. The second-order valence-corrected chi connectivity index (χ2v) is 11.3. The fraction of sp³-hybridized carbons (Fsp3) is 0.375. The minimum atomic E-state index is -4.07. The van der Waals surface area contributed by atoms with Crippen molar-refractivity contribution in [3.8, 4) is 0 Å². The average molecular weight is 510 g/mol. The summed E-state index contributed by atoms with van der Waals surface area (Å²) in [5.41, 5.74) is -0.729. The molecule has 4 atom stereocenters. The second kappa shape index (κ2) is 11.1. The van der Waals surface area contributed by atoms with Crippen LogP contribution in [0, 0.1) is 11.8 Å². The summed E-state index contributed by atoms with van der Waals surface area (Å²) in [4.78, 5) is 12.3. The lowest BCUT2D eigenvalue weighted by molar-refractivity contribution is -0.141. The Kier molecular flexibility index (Phi) is 8.64. The molecule has 33 heavy (non-hydrogen) atoms. The van der Waals surface area contributed by atoms with Crippen LogP contribution in [0.25, 0.3) is 6.08 Å². The SMILES string of the molecule is CS/C(=C\C=C\c1ccc(Cl)cc1)S(=O)(=O)NC1(C(=O)O)C2C/C=C\C=C/CC(O)CCC21. The maximum atomic E-state index is 13.2. The number of aliphatic carboxylic acids is 1. The van der Waals surface area contributed by atoms with Crippen molar-refractivity contribution >= 4 is 45.4 Å². The van der Waals surface area contributed by atoms with E-state index in [9.17, 15) is 23.4 Å². The highest BCUT2D eigenvalue weighted by Gasteiger charge is 2.70. The number of hydrogen-bond acceptors (Lipinski definition) is 5. The predicted octanol–water partition coefficient (Wildman–Crippen LogP) is 4.59. The number of hydrogen-bond donors (Lipinski definition) is 3. The van der Waals surface area contributed by atoms with Gasteiger partial charge in [-0.2, -0.15) is 4.72 Å². The Labute approximate surface area is 204 Å². The standard InChI is InChI=1S/C24H28ClNO5S2/c1-32-22(10-6-7-17-11-13-18(25)14-12-17)33(30,31)26-24(23(28)29)20-9-5-3-2-4-8-19(27)15-16-21(20)24/h2-7,10-14,19-21,26-27H,8-9,15-16H2,1H3,(H,28,29)/b4-2-,5-3-,7-6+,22-10+. The topological polar surface area (TPSA) is 104 Å². The third-order valence-electron chi connectivity index (χ3n) is 6.05. The second-order valence-electron chi connectivity index (χ2n) is 8.15. The van der Waals surface area contributed by atoms with Crippen LogP contribution in [0.4, 0.5) is 0 Å². The summed E-state index contributed by atoms with van der Waals surface area (Å²) < 4.78 is 28.9. The molecule has 2 aliphatic carbocycles. The minimum absolute atomic E-state index is 0.0253. The van der Waals surface area contributed by atoms with Crippen LogP contribution in [-0.4, -0.2) is 42.5 Å². The normalized spacial score (nSPS) is 30.3. The zero-order chi connectivity index (χ0) is 24.1. The summed E-state index contributed by atoms with van der Waals surface area (Å²) in [5.74, 6) is -1.96. The molecule has 178 valence electrons. The molecule has 0 spiro atoms. The number of thioether (sulfide) groups is 1. The van der Waals surface area contributed by atoms with Crippen molar-refractivity contribution in [2.45, 2.75) is 37.3 Å². The van der Waals surface area contributed by atoms with Gasteiger partial charge in [-0.1, -0.05) is 60.2 Å². The van der Waals surface area contributed by atoms with Crippen molar-refractivity contribution in [1.82, 2.24) is 4.72 Å². The van der Waals surface area contributed by atoms with Crippen LogP contribution in [0.5, 0.6) is 0 Å². The van der Waals surface area contributed by atoms with Crippen LogP contribution in [0.15, 0.2) is 65.0 Å². The molecule has 0 aromatic heterocycles. The van der Waals surface area contributed by atoms with E-state index in [1.807, 2.05) is 36.4 Å². The van der Waals surface area contributed by atoms with Crippen molar-refractivity contribution in [2.75, 3.05) is 6.26 Å². The quantitative estimate of drug-likeness (QED) is 0.464. The minimum Gasteiger partial charge on any atom is -0.480 e. The number of carbonyl (C=O) groups is 1. The number of carboxylic acids is 1. The number of aliphatic hydroxyl groups is 1. The summed E-state index contributed by atoms with van der Waals surface area (Å²) in [5, 5.41) is 20.8. The van der Waals surface area contributed by atoms with E-state index in [-0.39, 0.29) is 10.2 Å². The molecule has 0 radical (unpaired) electrons. The third kappa shape index (κ3) is 6.19. The molecule has 2 aliphatic rings. The molecule has 3 rings (SSSR count). The summed E-state index contributed by atoms with van der Waals surface area (Å²) in [6.45, 7) is 0. The maximum Gasteiger partial charge on any atom is 0.325 e. The van der Waals surface area contributed by atoms with Crippen LogP contribution in [0.2, 0.25) is 5.02 Å². The summed E-state index contributed by atoms with van der Waals surface area (Å²) in [7, 11) is -4.07. The molecule has 6 nitrogen and oxygen atoms in total. The summed E-state index contributed by atoms with van der Waals surface area (Å²) in [6, 6.07) is 7.10. The van der Waals surface area contributed by atoms with E-state index in [1.54, 1.807) is 30.5 Å². The van der Waals surface area contributed by atoms with Gasteiger partial charge in [-0.05, 0) is 67.5 Å². The highest BCUT2D eigenvalue weighted by atomic mass is 35.5. The molecule has 1 aromatic carbocycles. The average Bonchev–Trinajstić information content (AvgIpc) is 3.39. The molecule has 4 unspecified atom stereocenters. The molecule has 1 saturated carbocycles. The number of allylic oxidation sites excluding steroid dienone is 5. The highest BCUT2D eigenvalue weighted by molar-refractivity contribution is 8.17. The number of benzene rings is 1. The fourth-order valence-electron chi connectivity index (χ4n) is 4.29. The lowest BCUT2D eigenvalue weighted by Crippen LogP contribution is -2.46. The first-order valence-corrected chi connectivity index (χ1v) is 13.7. The molecule has 0 bridgehead atoms. The van der Waals surface area contributed by atoms with Crippen LogP contribution in [-0.2, 0) is 14.8 Å². The highest BCUT2D eigenvalue weighted by Crippen LogP contribution is 2.56. The molecular weight excluding hydrogens is 482 g/mol. The number of rotatable bonds is 7. The van der Waals surface area contributed by atoms with Gasteiger partial charge in [0.2, 0.25) is 10.0 Å². The summed E-state index contributed by atoms with van der Waals surface area (Å²) >= 11 is 6.91. The number of carboxylic acid groups (broad SMARTS) is 1. The van der Waals surface area contributed by atoms with E-state index < -0.39 is 33.6 Å². The van der Waals surface area contributed by atoms with Gasteiger partial charge in [-0.15, -0.1) is 11.8 Å². The van der Waals surface area contributed by atoms with Gasteiger partial charge < -0.3 is 10.2 Å². The first-order chi connectivity index (χ1) is 15.7. The van der Waals surface area contributed by atoms with E-state index in [0.717, 1.165) is 17.3 Å². The van der Waals surface area contributed by atoms with Crippen molar-refractivity contribution in [2.24, 2.45) is 11.8 Å². The van der Waals surface area contributed by atoms with Gasteiger partial charge in [0.15, 0.2) is 0 Å². The predicted molar refractivity (Wildman–Crippen MR) is 134 cm³/mol. The largest absolute Gasteiger partial charge is 0.480 e. The van der Waals surface area contributed by atoms with Crippen molar-refractivity contribution in [3.63, 3.8) is 0 Å². The molecule has 3 N–H and O–H groups in total. The molecule has 0 aliphatic heterocycles. The lowest BCUT2D eigenvalue weighted by atomic mass is 10.1. The van der Waals surface area contributed by atoms with Crippen molar-refractivity contribution in [1.29, 1.82) is 0 Å². The smallest absolute Gasteiger partial charge is 0.325 e. The Morgan fingerprint density at radius 3 is 2.45 bits per heavy atom. The summed E-state index contributed by atoms with van der Waals surface area (Å²) in [6.07, 6.45) is 15.0. The monoisotopic (exact) mass is 509 g/mol. The van der Waals surface area contributed by atoms with Crippen molar-refractivity contribution < 1.29 is 23.4 Å². The Morgan fingerprint density at radius 2 is 1.82 bits per heavy atom. The van der Waals surface area contributed by atoms with Crippen LogP contribution in [0.3, 0.4) is 0 Å². The van der Waals surface area contributed by atoms with E-state index in [4.69, 9.17) is 11.6 Å². The Bertz CT molecular complexity index is 1080. The maximum absolute atomic E-state index is 13.2. The molecule has 1 aromatic rings. The molecular formula is C24H28ClNO5S2. The third-order valence-corrected chi connectivity index (χ3v) is 9.27. The van der Waals surface area contributed by atoms with Gasteiger partial charge in [0, 0.05) is 5.02 Å². The van der Waals surface area contributed by atoms with Gasteiger partial charge in [-0.3, -0.25) is 4.79 Å². The number of nitrogens with one attached hydrogen (secondary N) is 1.